The lowest BCUT2D eigenvalue weighted by Crippen LogP contribution is -2.11. The van der Waals surface area contributed by atoms with Gasteiger partial charge in [0.25, 0.3) is 0 Å². The maximum absolute atomic E-state index is 5.40. The average molecular weight is 267 g/mol. The van der Waals surface area contributed by atoms with Gasteiger partial charge in [-0.25, -0.2) is 0 Å². The van der Waals surface area contributed by atoms with E-state index in [4.69, 9.17) is 9.47 Å². The van der Waals surface area contributed by atoms with E-state index in [0.717, 1.165) is 25.6 Å². The molecule has 0 aliphatic carbocycles. The van der Waals surface area contributed by atoms with E-state index in [1.807, 2.05) is 0 Å². The van der Waals surface area contributed by atoms with E-state index >= 15 is 0 Å². The van der Waals surface area contributed by atoms with Crippen LogP contribution in [0.5, 0.6) is 0 Å². The van der Waals surface area contributed by atoms with E-state index in [9.17, 15) is 0 Å². The molecule has 0 aromatic heterocycles. The Kier molecular flexibility index (Phi) is 10.2. The molecule has 0 aliphatic rings. The first-order valence-electron chi connectivity index (χ1n) is 5.43. The average Bonchev–Trinajstić information content (AvgIpc) is 2.21. The summed E-state index contributed by atoms with van der Waals surface area (Å²) in [6.07, 6.45) is 3.58. The molecule has 0 aromatic rings. The summed E-state index contributed by atoms with van der Waals surface area (Å²) in [6.45, 7) is 6.78. The normalized spacial score (nSPS) is 15.4. The molecule has 14 heavy (non-hydrogen) atoms. The largest absolute Gasteiger partial charge is 0.382 e. The van der Waals surface area contributed by atoms with Gasteiger partial charge in [-0.1, -0.05) is 29.8 Å². The molecule has 0 amide bonds. The van der Waals surface area contributed by atoms with Crippen LogP contribution in [0, 0.1) is 5.92 Å². The molecule has 86 valence electrons. The Labute approximate surface area is 96.5 Å². The minimum Gasteiger partial charge on any atom is -0.382 e. The fourth-order valence-corrected chi connectivity index (χ4v) is 1.60. The van der Waals surface area contributed by atoms with Gasteiger partial charge in [-0.05, 0) is 25.2 Å². The molecular weight excluding hydrogens is 244 g/mol. The molecule has 0 aromatic carbocycles. The van der Waals surface area contributed by atoms with Crippen molar-refractivity contribution in [3.05, 3.63) is 0 Å². The highest BCUT2D eigenvalue weighted by Gasteiger charge is 2.10. The van der Waals surface area contributed by atoms with Gasteiger partial charge in [0, 0.05) is 18.5 Å². The Morgan fingerprint density at radius 3 is 2.50 bits per heavy atom. The topological polar surface area (TPSA) is 18.5 Å². The van der Waals surface area contributed by atoms with Crippen molar-refractivity contribution in [3.63, 3.8) is 0 Å². The minimum atomic E-state index is 0.654. The zero-order chi connectivity index (χ0) is 10.8. The Morgan fingerprint density at radius 1 is 1.21 bits per heavy atom. The molecule has 0 heterocycles. The summed E-state index contributed by atoms with van der Waals surface area (Å²) in [6, 6.07) is 0. The van der Waals surface area contributed by atoms with Crippen LogP contribution in [0.4, 0.5) is 0 Å². The lowest BCUT2D eigenvalue weighted by Gasteiger charge is -2.16. The molecule has 0 fully saturated rings. The van der Waals surface area contributed by atoms with E-state index in [-0.39, 0.29) is 0 Å². The van der Waals surface area contributed by atoms with Crippen molar-refractivity contribution in [1.82, 2.24) is 0 Å². The monoisotopic (exact) mass is 266 g/mol. The van der Waals surface area contributed by atoms with Gasteiger partial charge in [0.05, 0.1) is 13.2 Å². The van der Waals surface area contributed by atoms with E-state index in [1.165, 1.54) is 12.8 Å². The Balaban J connectivity index is 3.18. The maximum atomic E-state index is 5.40. The quantitative estimate of drug-likeness (QED) is 0.471. The predicted octanol–water partition coefficient (Wildman–Crippen LogP) is 3.24. The van der Waals surface area contributed by atoms with Crippen LogP contribution in [0.15, 0.2) is 0 Å². The molecule has 0 saturated carbocycles. The third-order valence-corrected chi connectivity index (χ3v) is 3.94. The van der Waals surface area contributed by atoms with Crippen LogP contribution in [0.25, 0.3) is 0 Å². The second kappa shape index (κ2) is 9.94. The predicted molar refractivity (Wildman–Crippen MR) is 64.1 cm³/mol. The highest BCUT2D eigenvalue weighted by molar-refractivity contribution is 9.09. The molecule has 3 heteroatoms. The third-order valence-electron chi connectivity index (χ3n) is 2.39. The smallest absolute Gasteiger partial charge is 0.0700 e. The van der Waals surface area contributed by atoms with Crippen molar-refractivity contribution in [2.24, 2.45) is 5.92 Å². The molecule has 0 saturated heterocycles. The Bertz CT molecular complexity index is 120. The second-order valence-corrected chi connectivity index (χ2v) is 4.83. The summed E-state index contributed by atoms with van der Waals surface area (Å²) in [5.74, 6) is 0.742. The van der Waals surface area contributed by atoms with Crippen LogP contribution in [0.1, 0.15) is 33.1 Å². The van der Waals surface area contributed by atoms with Crippen molar-refractivity contribution in [2.45, 2.75) is 37.9 Å². The number of alkyl halides is 1. The van der Waals surface area contributed by atoms with E-state index in [0.29, 0.717) is 11.4 Å². The SMILES string of the molecule is CCC(Br)C(C)CCCOCCOC. The molecule has 0 aliphatic heterocycles. The molecule has 2 nitrogen and oxygen atoms in total. The number of hydrogen-bond acceptors (Lipinski definition) is 2. The van der Waals surface area contributed by atoms with Gasteiger partial charge < -0.3 is 9.47 Å². The number of halogens is 1. The first-order valence-corrected chi connectivity index (χ1v) is 6.34. The standard InChI is InChI=1S/C11H23BrO2/c1-4-11(12)10(2)6-5-7-14-9-8-13-3/h10-11H,4-9H2,1-3H3. The summed E-state index contributed by atoms with van der Waals surface area (Å²) >= 11 is 3.68. The van der Waals surface area contributed by atoms with Crippen molar-refractivity contribution in [1.29, 1.82) is 0 Å². The highest BCUT2D eigenvalue weighted by atomic mass is 79.9. The lowest BCUT2D eigenvalue weighted by molar-refractivity contribution is 0.0674. The van der Waals surface area contributed by atoms with E-state index < -0.39 is 0 Å². The number of hydrogen-bond donors (Lipinski definition) is 0. The van der Waals surface area contributed by atoms with Gasteiger partial charge in [0.2, 0.25) is 0 Å². The van der Waals surface area contributed by atoms with Gasteiger partial charge in [0.15, 0.2) is 0 Å². The summed E-state index contributed by atoms with van der Waals surface area (Å²) in [7, 11) is 1.70. The molecule has 0 radical (unpaired) electrons. The van der Waals surface area contributed by atoms with Crippen LogP contribution < -0.4 is 0 Å². The molecule has 0 rings (SSSR count). The van der Waals surface area contributed by atoms with Crippen molar-refractivity contribution in [3.8, 4) is 0 Å². The van der Waals surface area contributed by atoms with Crippen molar-refractivity contribution < 1.29 is 9.47 Å². The number of methoxy groups -OCH3 is 1. The van der Waals surface area contributed by atoms with Gasteiger partial charge in [-0.15, -0.1) is 0 Å². The van der Waals surface area contributed by atoms with Gasteiger partial charge in [0.1, 0.15) is 0 Å². The van der Waals surface area contributed by atoms with Gasteiger partial charge in [-0.2, -0.15) is 0 Å². The van der Waals surface area contributed by atoms with Gasteiger partial charge in [-0.3, -0.25) is 0 Å². The zero-order valence-corrected chi connectivity index (χ0v) is 11.2. The van der Waals surface area contributed by atoms with Crippen LogP contribution in [0.2, 0.25) is 0 Å². The van der Waals surface area contributed by atoms with Crippen molar-refractivity contribution in [2.75, 3.05) is 26.9 Å². The molecule has 2 atom stereocenters. The van der Waals surface area contributed by atoms with Gasteiger partial charge >= 0.3 is 0 Å². The summed E-state index contributed by atoms with van der Waals surface area (Å²) in [4.78, 5) is 0.654. The fourth-order valence-electron chi connectivity index (χ4n) is 1.33. The first-order chi connectivity index (χ1) is 6.72. The number of rotatable bonds is 9. The summed E-state index contributed by atoms with van der Waals surface area (Å²) < 4.78 is 10.3. The van der Waals surface area contributed by atoms with Crippen molar-refractivity contribution >= 4 is 15.9 Å². The molecule has 0 spiro atoms. The molecule has 2 unspecified atom stereocenters. The first kappa shape index (κ1) is 14.4. The summed E-state index contributed by atoms with van der Waals surface area (Å²) in [5, 5.41) is 0. The molecule has 0 N–H and O–H groups in total. The Hall–Kier alpha value is 0.400. The zero-order valence-electron chi connectivity index (χ0n) is 9.59. The highest BCUT2D eigenvalue weighted by Crippen LogP contribution is 2.20. The molecular formula is C11H23BrO2. The maximum Gasteiger partial charge on any atom is 0.0700 e. The number of ether oxygens (including phenoxy) is 2. The summed E-state index contributed by atoms with van der Waals surface area (Å²) in [5.41, 5.74) is 0. The lowest BCUT2D eigenvalue weighted by atomic mass is 10.0. The molecule has 0 bridgehead atoms. The van der Waals surface area contributed by atoms with Crippen LogP contribution in [0.3, 0.4) is 0 Å². The Morgan fingerprint density at radius 2 is 1.93 bits per heavy atom. The van der Waals surface area contributed by atoms with Crippen LogP contribution in [-0.2, 0) is 9.47 Å². The fraction of sp³-hybridized carbons (Fsp3) is 1.00. The van der Waals surface area contributed by atoms with Crippen LogP contribution in [-0.4, -0.2) is 31.8 Å². The third kappa shape index (κ3) is 7.77. The minimum absolute atomic E-state index is 0.654. The second-order valence-electron chi connectivity index (χ2n) is 3.65. The van der Waals surface area contributed by atoms with E-state index in [1.54, 1.807) is 7.11 Å². The van der Waals surface area contributed by atoms with E-state index in [2.05, 4.69) is 29.8 Å². The van der Waals surface area contributed by atoms with Crippen LogP contribution >= 0.6 is 15.9 Å².